The molecule has 0 bridgehead atoms. The van der Waals surface area contributed by atoms with Crippen LogP contribution in [0.1, 0.15) is 29.0 Å². The van der Waals surface area contributed by atoms with Gasteiger partial charge in [-0.1, -0.05) is 18.2 Å². The van der Waals surface area contributed by atoms with Crippen molar-refractivity contribution in [3.63, 3.8) is 0 Å². The molecule has 5 rings (SSSR count). The fraction of sp³-hybridized carbons (Fsp3) is 0.154. The molecule has 4 aromatic rings. The minimum Gasteiger partial charge on any atom is -0.334 e. The number of hydrogen-bond donors (Lipinski definition) is 2. The summed E-state index contributed by atoms with van der Waals surface area (Å²) in [7, 11) is -3.95. The Bertz CT molecular complexity index is 1460. The van der Waals surface area contributed by atoms with Gasteiger partial charge >= 0.3 is 0 Å². The lowest BCUT2D eigenvalue weighted by molar-refractivity contribution is 0.102. The first-order valence-corrected chi connectivity index (χ1v) is 12.7. The van der Waals surface area contributed by atoms with Crippen LogP contribution < -0.4 is 10.0 Å². The summed E-state index contributed by atoms with van der Waals surface area (Å²) < 4.78 is 43.1. The number of fused-ring (bicyclic) bond motifs is 1. The highest BCUT2D eigenvalue weighted by Gasteiger charge is 2.17. The minimum atomic E-state index is -3.95. The second kappa shape index (κ2) is 9.34. The van der Waals surface area contributed by atoms with Gasteiger partial charge in [-0.15, -0.1) is 0 Å². The first-order valence-electron chi connectivity index (χ1n) is 11.2. The minimum absolute atomic E-state index is 0.0754. The van der Waals surface area contributed by atoms with E-state index < -0.39 is 21.7 Å². The molecular weight excluding hydrogens is 467 g/mol. The predicted octanol–water partition coefficient (Wildman–Crippen LogP) is 5.08. The molecule has 0 radical (unpaired) electrons. The van der Waals surface area contributed by atoms with E-state index >= 15 is 0 Å². The Hall–Kier alpha value is -3.98. The van der Waals surface area contributed by atoms with Gasteiger partial charge in [0.15, 0.2) is 0 Å². The molecule has 1 amide bonds. The topological polar surface area (TPSA) is 93.1 Å². The van der Waals surface area contributed by atoms with Crippen LogP contribution in [0.3, 0.4) is 0 Å². The summed E-state index contributed by atoms with van der Waals surface area (Å²) >= 11 is 0. The lowest BCUT2D eigenvalue weighted by Gasteiger charge is -2.11. The number of sulfonamides is 1. The monoisotopic (exact) mass is 490 g/mol. The number of nitrogens with one attached hydrogen (secondary N) is 2. The smallest absolute Gasteiger partial charge is 0.261 e. The Labute approximate surface area is 202 Å². The van der Waals surface area contributed by atoms with Gasteiger partial charge < -0.3 is 9.88 Å². The molecule has 1 aliphatic heterocycles. The van der Waals surface area contributed by atoms with Crippen LogP contribution in [0.4, 0.5) is 15.8 Å². The van der Waals surface area contributed by atoms with Gasteiger partial charge in [0, 0.05) is 41.7 Å². The molecule has 3 aromatic carbocycles. The van der Waals surface area contributed by atoms with Gasteiger partial charge in [-0.25, -0.2) is 17.8 Å². The molecule has 0 unspecified atom stereocenters. The highest BCUT2D eigenvalue weighted by atomic mass is 32.2. The molecule has 178 valence electrons. The Balaban J connectivity index is 1.29. The van der Waals surface area contributed by atoms with Gasteiger partial charge in [0.05, 0.1) is 10.6 Å². The van der Waals surface area contributed by atoms with Gasteiger partial charge in [0.25, 0.3) is 15.9 Å². The number of imidazole rings is 1. The molecule has 0 fully saturated rings. The standard InChI is InChI=1S/C26H23FN4O3S/c27-20-9-13-22(14-10-20)30-35(33,34)23-5-3-4-19(16-23)26(32)28-21-11-7-18(8-12-21)24-17-31-15-2-1-6-25(31)29-24/h3-5,7-14,16-17,30H,1-2,6,15H2,(H,28,32). The summed E-state index contributed by atoms with van der Waals surface area (Å²) in [6.07, 6.45) is 5.38. The molecule has 1 aromatic heterocycles. The van der Waals surface area contributed by atoms with Gasteiger partial charge in [-0.2, -0.15) is 0 Å². The van der Waals surface area contributed by atoms with Gasteiger partial charge in [-0.05, 0) is 67.4 Å². The second-order valence-electron chi connectivity index (χ2n) is 8.36. The quantitative estimate of drug-likeness (QED) is 0.394. The number of aryl methyl sites for hydroxylation is 2. The summed E-state index contributed by atoms with van der Waals surface area (Å²) in [6, 6.07) is 18.1. The van der Waals surface area contributed by atoms with Crippen LogP contribution in [0.15, 0.2) is 83.9 Å². The first-order chi connectivity index (χ1) is 16.9. The van der Waals surface area contributed by atoms with Crippen LogP contribution in [0.2, 0.25) is 0 Å². The highest BCUT2D eigenvalue weighted by molar-refractivity contribution is 7.92. The summed E-state index contributed by atoms with van der Waals surface area (Å²) in [5.74, 6) is 0.199. The maximum atomic E-state index is 13.1. The molecular formula is C26H23FN4O3S. The number of anilines is 2. The zero-order chi connectivity index (χ0) is 24.4. The highest BCUT2D eigenvalue weighted by Crippen LogP contribution is 2.24. The van der Waals surface area contributed by atoms with Crippen molar-refractivity contribution >= 4 is 27.3 Å². The number of rotatable bonds is 6. The maximum Gasteiger partial charge on any atom is 0.261 e. The average Bonchev–Trinajstić information content (AvgIpc) is 3.30. The largest absolute Gasteiger partial charge is 0.334 e. The van der Waals surface area contributed by atoms with E-state index in [1.54, 1.807) is 12.1 Å². The van der Waals surface area contributed by atoms with E-state index in [9.17, 15) is 17.6 Å². The van der Waals surface area contributed by atoms with Gasteiger partial charge in [-0.3, -0.25) is 9.52 Å². The fourth-order valence-electron chi connectivity index (χ4n) is 4.02. The van der Waals surface area contributed by atoms with Crippen molar-refractivity contribution in [3.05, 3.63) is 96.2 Å². The van der Waals surface area contributed by atoms with Crippen molar-refractivity contribution in [1.29, 1.82) is 0 Å². The summed E-state index contributed by atoms with van der Waals surface area (Å²) in [6.45, 7) is 0.991. The third-order valence-electron chi connectivity index (χ3n) is 5.85. The molecule has 0 saturated carbocycles. The van der Waals surface area contributed by atoms with Crippen LogP contribution in [-0.4, -0.2) is 23.9 Å². The number of hydrogen-bond acceptors (Lipinski definition) is 4. The number of nitrogens with zero attached hydrogens (tertiary/aromatic N) is 2. The van der Waals surface area contributed by atoms with Crippen molar-refractivity contribution in [3.8, 4) is 11.3 Å². The molecule has 0 aliphatic carbocycles. The van der Waals surface area contributed by atoms with Crippen LogP contribution in [0, 0.1) is 5.82 Å². The van der Waals surface area contributed by atoms with E-state index in [1.807, 2.05) is 12.1 Å². The lowest BCUT2D eigenvalue weighted by atomic mass is 10.1. The Morgan fingerprint density at radius 3 is 2.43 bits per heavy atom. The Kier molecular flexibility index (Phi) is 6.08. The number of benzene rings is 3. The van der Waals surface area contributed by atoms with E-state index in [0.717, 1.165) is 48.6 Å². The lowest BCUT2D eigenvalue weighted by Crippen LogP contribution is -2.16. The Morgan fingerprint density at radius 1 is 0.943 bits per heavy atom. The molecule has 2 N–H and O–H groups in total. The van der Waals surface area contributed by atoms with Crippen LogP contribution >= 0.6 is 0 Å². The molecule has 2 heterocycles. The summed E-state index contributed by atoms with van der Waals surface area (Å²) in [5, 5.41) is 2.80. The van der Waals surface area contributed by atoms with E-state index in [-0.39, 0.29) is 16.1 Å². The molecule has 0 spiro atoms. The predicted molar refractivity (Wildman–Crippen MR) is 132 cm³/mol. The van der Waals surface area contributed by atoms with Crippen molar-refractivity contribution < 1.29 is 17.6 Å². The third-order valence-corrected chi connectivity index (χ3v) is 7.23. The third kappa shape index (κ3) is 5.09. The van der Waals surface area contributed by atoms with Crippen LogP contribution in [0.5, 0.6) is 0 Å². The molecule has 1 aliphatic rings. The second-order valence-corrected chi connectivity index (χ2v) is 10.0. The van der Waals surface area contributed by atoms with Crippen molar-refractivity contribution in [2.75, 3.05) is 10.0 Å². The van der Waals surface area contributed by atoms with Gasteiger partial charge in [0.1, 0.15) is 11.6 Å². The molecule has 0 saturated heterocycles. The number of carbonyl (C=O) groups excluding carboxylic acids is 1. The summed E-state index contributed by atoms with van der Waals surface area (Å²) in [4.78, 5) is 17.4. The van der Waals surface area contributed by atoms with Crippen molar-refractivity contribution in [2.45, 2.75) is 30.7 Å². The SMILES string of the molecule is O=C(Nc1ccc(-c2cn3c(n2)CCCC3)cc1)c1cccc(S(=O)(=O)Nc2ccc(F)cc2)c1. The van der Waals surface area contributed by atoms with Crippen LogP contribution in [-0.2, 0) is 23.0 Å². The van der Waals surface area contributed by atoms with E-state index in [2.05, 4.69) is 20.8 Å². The fourth-order valence-corrected chi connectivity index (χ4v) is 5.12. The number of halogens is 1. The Morgan fingerprint density at radius 2 is 1.69 bits per heavy atom. The normalized spacial score (nSPS) is 13.2. The average molecular weight is 491 g/mol. The number of aromatic nitrogens is 2. The van der Waals surface area contributed by atoms with E-state index in [4.69, 9.17) is 4.98 Å². The zero-order valence-electron chi connectivity index (χ0n) is 18.7. The molecule has 9 heteroatoms. The molecule has 7 nitrogen and oxygen atoms in total. The van der Waals surface area contributed by atoms with Crippen LogP contribution in [0.25, 0.3) is 11.3 Å². The van der Waals surface area contributed by atoms with Gasteiger partial charge in [0.2, 0.25) is 0 Å². The number of amides is 1. The number of carbonyl (C=O) groups is 1. The van der Waals surface area contributed by atoms with Crippen molar-refractivity contribution in [2.24, 2.45) is 0 Å². The van der Waals surface area contributed by atoms with Crippen molar-refractivity contribution in [1.82, 2.24) is 9.55 Å². The molecule has 35 heavy (non-hydrogen) atoms. The van der Waals surface area contributed by atoms with E-state index in [0.29, 0.717) is 5.69 Å². The molecule has 0 atom stereocenters. The summed E-state index contributed by atoms with van der Waals surface area (Å²) in [5.41, 5.74) is 2.87. The maximum absolute atomic E-state index is 13.1. The first kappa shape index (κ1) is 22.8. The zero-order valence-corrected chi connectivity index (χ0v) is 19.6. The van der Waals surface area contributed by atoms with E-state index in [1.165, 1.54) is 42.8 Å².